The highest BCUT2D eigenvalue weighted by Crippen LogP contribution is 2.18. The molecule has 0 bridgehead atoms. The number of thiocarbonyl (C=S) groups is 1. The standard InChI is InChI=1S/C11H15N3OS/c1-8-7-15-5-4-14(8)10-6-9(11(12)16)2-3-13-10/h2-3,6,8H,4-5,7H2,1H3,(H2,12,16). The Morgan fingerprint density at radius 3 is 3.19 bits per heavy atom. The first-order valence-corrected chi connectivity index (χ1v) is 5.69. The maximum Gasteiger partial charge on any atom is 0.129 e. The van der Waals surface area contributed by atoms with Crippen molar-refractivity contribution in [2.75, 3.05) is 24.7 Å². The smallest absolute Gasteiger partial charge is 0.129 e. The fraction of sp³-hybridized carbons (Fsp3) is 0.455. The topological polar surface area (TPSA) is 51.4 Å². The Hall–Kier alpha value is -1.20. The van der Waals surface area contributed by atoms with Crippen molar-refractivity contribution >= 4 is 23.0 Å². The lowest BCUT2D eigenvalue weighted by Gasteiger charge is -2.34. The summed E-state index contributed by atoms with van der Waals surface area (Å²) in [7, 11) is 0. The first kappa shape index (κ1) is 11.3. The van der Waals surface area contributed by atoms with Gasteiger partial charge in [0, 0.05) is 18.3 Å². The lowest BCUT2D eigenvalue weighted by Crippen LogP contribution is -2.44. The Balaban J connectivity index is 2.25. The Kier molecular flexibility index (Phi) is 3.36. The van der Waals surface area contributed by atoms with E-state index in [1.54, 1.807) is 6.20 Å². The average Bonchev–Trinajstić information content (AvgIpc) is 2.30. The zero-order valence-corrected chi connectivity index (χ0v) is 10.0. The van der Waals surface area contributed by atoms with Gasteiger partial charge in [0.15, 0.2) is 0 Å². The van der Waals surface area contributed by atoms with Gasteiger partial charge < -0.3 is 15.4 Å². The molecular weight excluding hydrogens is 222 g/mol. The summed E-state index contributed by atoms with van der Waals surface area (Å²) in [5, 5.41) is 0. The van der Waals surface area contributed by atoms with Crippen molar-refractivity contribution in [2.45, 2.75) is 13.0 Å². The maximum atomic E-state index is 5.61. The van der Waals surface area contributed by atoms with E-state index < -0.39 is 0 Å². The summed E-state index contributed by atoms with van der Waals surface area (Å²) in [6.45, 7) is 4.45. The highest BCUT2D eigenvalue weighted by Gasteiger charge is 2.20. The lowest BCUT2D eigenvalue weighted by molar-refractivity contribution is 0.0985. The van der Waals surface area contributed by atoms with Crippen LogP contribution in [0.15, 0.2) is 18.3 Å². The van der Waals surface area contributed by atoms with Crippen molar-refractivity contribution in [2.24, 2.45) is 5.73 Å². The van der Waals surface area contributed by atoms with E-state index in [9.17, 15) is 0 Å². The van der Waals surface area contributed by atoms with Crippen LogP contribution in [0.25, 0.3) is 0 Å². The summed E-state index contributed by atoms with van der Waals surface area (Å²) in [5.74, 6) is 0.918. The van der Waals surface area contributed by atoms with E-state index in [0.717, 1.165) is 31.1 Å². The van der Waals surface area contributed by atoms with Crippen LogP contribution in [0.4, 0.5) is 5.82 Å². The lowest BCUT2D eigenvalue weighted by atomic mass is 10.2. The van der Waals surface area contributed by atoms with Gasteiger partial charge in [-0.05, 0) is 19.1 Å². The predicted octanol–water partition coefficient (Wildman–Crippen LogP) is 0.941. The van der Waals surface area contributed by atoms with Crippen molar-refractivity contribution in [3.63, 3.8) is 0 Å². The molecule has 5 heteroatoms. The van der Waals surface area contributed by atoms with Crippen molar-refractivity contribution in [1.29, 1.82) is 0 Å². The van der Waals surface area contributed by atoms with Crippen LogP contribution in [0.1, 0.15) is 12.5 Å². The van der Waals surface area contributed by atoms with E-state index in [0.29, 0.717) is 11.0 Å². The highest BCUT2D eigenvalue weighted by atomic mass is 32.1. The second kappa shape index (κ2) is 4.76. The number of pyridine rings is 1. The molecule has 2 heterocycles. The Bertz CT molecular complexity index is 397. The SMILES string of the molecule is CC1COCCN1c1cc(C(N)=S)ccn1. The minimum absolute atomic E-state index is 0.336. The van der Waals surface area contributed by atoms with Gasteiger partial charge in [0.2, 0.25) is 0 Å². The predicted molar refractivity (Wildman–Crippen MR) is 67.8 cm³/mol. The Labute approximate surface area is 100 Å². The molecule has 2 N–H and O–H groups in total. The molecule has 0 aromatic carbocycles. The van der Waals surface area contributed by atoms with Gasteiger partial charge in [0.05, 0.1) is 19.3 Å². The van der Waals surface area contributed by atoms with Crippen LogP contribution in [0.2, 0.25) is 0 Å². The molecular formula is C11H15N3OS. The highest BCUT2D eigenvalue weighted by molar-refractivity contribution is 7.80. The molecule has 0 aliphatic carbocycles. The van der Waals surface area contributed by atoms with Gasteiger partial charge in [0.1, 0.15) is 10.8 Å². The number of rotatable bonds is 2. The zero-order chi connectivity index (χ0) is 11.5. The number of ether oxygens (including phenoxy) is 1. The van der Waals surface area contributed by atoms with Crippen molar-refractivity contribution in [3.8, 4) is 0 Å². The third-order valence-electron chi connectivity index (χ3n) is 2.69. The van der Waals surface area contributed by atoms with Crippen LogP contribution in [0, 0.1) is 0 Å². The largest absolute Gasteiger partial charge is 0.389 e. The third-order valence-corrected chi connectivity index (χ3v) is 2.93. The number of anilines is 1. The second-order valence-electron chi connectivity index (χ2n) is 3.88. The molecule has 0 amide bonds. The first-order chi connectivity index (χ1) is 7.68. The zero-order valence-electron chi connectivity index (χ0n) is 9.22. The van der Waals surface area contributed by atoms with Crippen LogP contribution in [-0.4, -0.2) is 35.8 Å². The molecule has 1 aromatic rings. The summed E-state index contributed by atoms with van der Waals surface area (Å²) in [5.41, 5.74) is 6.47. The molecule has 86 valence electrons. The minimum atomic E-state index is 0.336. The number of hydrogen-bond acceptors (Lipinski definition) is 4. The first-order valence-electron chi connectivity index (χ1n) is 5.28. The van der Waals surface area contributed by atoms with E-state index in [1.165, 1.54) is 0 Å². The molecule has 0 saturated carbocycles. The van der Waals surface area contributed by atoms with Gasteiger partial charge in [0.25, 0.3) is 0 Å². The Morgan fingerprint density at radius 1 is 1.69 bits per heavy atom. The number of morpholine rings is 1. The molecule has 0 radical (unpaired) electrons. The van der Waals surface area contributed by atoms with Gasteiger partial charge >= 0.3 is 0 Å². The van der Waals surface area contributed by atoms with E-state index in [-0.39, 0.29) is 0 Å². The van der Waals surface area contributed by atoms with Gasteiger partial charge in [-0.15, -0.1) is 0 Å². The van der Waals surface area contributed by atoms with Crippen LogP contribution >= 0.6 is 12.2 Å². The number of aromatic nitrogens is 1. The van der Waals surface area contributed by atoms with Crippen LogP contribution in [0.5, 0.6) is 0 Å². The second-order valence-corrected chi connectivity index (χ2v) is 4.32. The Morgan fingerprint density at radius 2 is 2.50 bits per heavy atom. The summed E-state index contributed by atoms with van der Waals surface area (Å²) < 4.78 is 5.39. The van der Waals surface area contributed by atoms with Crippen molar-refractivity contribution < 1.29 is 4.74 Å². The van der Waals surface area contributed by atoms with Crippen LogP contribution < -0.4 is 10.6 Å². The monoisotopic (exact) mass is 237 g/mol. The molecule has 1 aliphatic rings. The summed E-state index contributed by atoms with van der Waals surface area (Å²) in [6, 6.07) is 4.10. The molecule has 16 heavy (non-hydrogen) atoms. The number of nitrogens with zero attached hydrogens (tertiary/aromatic N) is 2. The molecule has 1 saturated heterocycles. The van der Waals surface area contributed by atoms with Crippen LogP contribution in [0.3, 0.4) is 0 Å². The van der Waals surface area contributed by atoms with Crippen molar-refractivity contribution in [1.82, 2.24) is 4.98 Å². The fourth-order valence-corrected chi connectivity index (χ4v) is 1.92. The molecule has 2 rings (SSSR count). The van der Waals surface area contributed by atoms with E-state index in [1.807, 2.05) is 12.1 Å². The fourth-order valence-electron chi connectivity index (χ4n) is 1.80. The van der Waals surface area contributed by atoms with E-state index in [2.05, 4.69) is 16.8 Å². The molecule has 0 spiro atoms. The average molecular weight is 237 g/mol. The number of nitrogens with two attached hydrogens (primary N) is 1. The normalized spacial score (nSPS) is 20.8. The maximum absolute atomic E-state index is 5.61. The molecule has 1 aliphatic heterocycles. The van der Waals surface area contributed by atoms with Gasteiger partial charge in [-0.1, -0.05) is 12.2 Å². The number of hydrogen-bond donors (Lipinski definition) is 1. The summed E-state index contributed by atoms with van der Waals surface area (Å²) in [4.78, 5) is 6.97. The van der Waals surface area contributed by atoms with Gasteiger partial charge in [-0.2, -0.15) is 0 Å². The molecule has 1 aromatic heterocycles. The van der Waals surface area contributed by atoms with Gasteiger partial charge in [-0.25, -0.2) is 4.98 Å². The molecule has 1 unspecified atom stereocenters. The molecule has 1 fully saturated rings. The van der Waals surface area contributed by atoms with Crippen molar-refractivity contribution in [3.05, 3.63) is 23.9 Å². The molecule has 1 atom stereocenters. The third kappa shape index (κ3) is 2.31. The van der Waals surface area contributed by atoms with Gasteiger partial charge in [-0.3, -0.25) is 0 Å². The quantitative estimate of drug-likeness (QED) is 0.776. The minimum Gasteiger partial charge on any atom is -0.389 e. The summed E-state index contributed by atoms with van der Waals surface area (Å²) >= 11 is 4.96. The van der Waals surface area contributed by atoms with E-state index in [4.69, 9.17) is 22.7 Å². The molecule has 4 nitrogen and oxygen atoms in total. The van der Waals surface area contributed by atoms with Crippen LogP contribution in [-0.2, 0) is 4.74 Å². The van der Waals surface area contributed by atoms with E-state index >= 15 is 0 Å². The summed E-state index contributed by atoms with van der Waals surface area (Å²) in [6.07, 6.45) is 1.74.